The summed E-state index contributed by atoms with van der Waals surface area (Å²) in [6, 6.07) is 0. The number of methoxy groups -OCH3 is 3. The molecule has 16 heteroatoms. The van der Waals surface area contributed by atoms with E-state index in [1.807, 2.05) is 0 Å². The van der Waals surface area contributed by atoms with Gasteiger partial charge < -0.3 is 14.2 Å². The van der Waals surface area contributed by atoms with E-state index in [-0.39, 0.29) is 39.9 Å². The van der Waals surface area contributed by atoms with Gasteiger partial charge in [0.1, 0.15) is 24.0 Å². The number of nitrogens with zero attached hydrogens (tertiary/aromatic N) is 7. The largest absolute Gasteiger partial charge is 0.479 e. The van der Waals surface area contributed by atoms with Crippen molar-refractivity contribution in [1.29, 1.82) is 0 Å². The Morgan fingerprint density at radius 3 is 2.13 bits per heavy atom. The van der Waals surface area contributed by atoms with Crippen molar-refractivity contribution in [3.05, 3.63) is 41.2 Å². The zero-order valence-electron chi connectivity index (χ0n) is 21.2. The van der Waals surface area contributed by atoms with Crippen LogP contribution in [-0.4, -0.2) is 75.6 Å². The summed E-state index contributed by atoms with van der Waals surface area (Å²) in [4.78, 5) is 16.3. The second kappa shape index (κ2) is 10.3. The molecule has 0 aromatic carbocycles. The van der Waals surface area contributed by atoms with Crippen LogP contribution in [0.15, 0.2) is 18.7 Å². The van der Waals surface area contributed by atoms with Crippen LogP contribution in [0.25, 0.3) is 5.69 Å². The molecule has 4 rings (SSSR count). The quantitative estimate of drug-likeness (QED) is 0.353. The van der Waals surface area contributed by atoms with Gasteiger partial charge in [-0.05, 0) is 6.92 Å². The summed E-state index contributed by atoms with van der Waals surface area (Å²) in [5.41, 5.74) is -1.02. The monoisotopic (exact) mass is 573 g/mol. The second-order valence-corrected chi connectivity index (χ2v) is 12.0. The number of rotatable bonds is 10. The highest BCUT2D eigenvalue weighted by molar-refractivity contribution is 7.91. The van der Waals surface area contributed by atoms with Gasteiger partial charge in [-0.15, -0.1) is 10.2 Å². The van der Waals surface area contributed by atoms with Gasteiger partial charge in [0.25, 0.3) is 0 Å². The Labute approximate surface area is 222 Å². The van der Waals surface area contributed by atoms with E-state index in [0.29, 0.717) is 0 Å². The number of sulfone groups is 1. The molecule has 3 aromatic heterocycles. The molecule has 0 bridgehead atoms. The lowest BCUT2D eigenvalue weighted by Crippen LogP contribution is -2.48. The van der Waals surface area contributed by atoms with Crippen LogP contribution in [-0.2, 0) is 25.7 Å². The molecule has 0 unspecified atom stereocenters. The van der Waals surface area contributed by atoms with Crippen molar-refractivity contribution in [3.8, 4) is 17.4 Å². The van der Waals surface area contributed by atoms with Crippen molar-refractivity contribution in [2.45, 2.75) is 55.1 Å². The van der Waals surface area contributed by atoms with E-state index in [1.54, 1.807) is 6.92 Å². The minimum absolute atomic E-state index is 0.0172. The van der Waals surface area contributed by atoms with Gasteiger partial charge in [-0.25, -0.2) is 27.2 Å². The lowest BCUT2D eigenvalue weighted by molar-refractivity contribution is -0.123. The third-order valence-electron chi connectivity index (χ3n) is 6.40. The zero-order valence-corrected chi connectivity index (χ0v) is 22.8. The first-order valence-electron chi connectivity index (χ1n) is 11.3. The fourth-order valence-electron chi connectivity index (χ4n) is 4.60. The summed E-state index contributed by atoms with van der Waals surface area (Å²) in [6.07, 6.45) is 1.83. The summed E-state index contributed by atoms with van der Waals surface area (Å²) >= 11 is 5.86. The van der Waals surface area contributed by atoms with Crippen LogP contribution < -0.4 is 9.47 Å². The van der Waals surface area contributed by atoms with Crippen LogP contribution in [0.3, 0.4) is 0 Å². The molecule has 0 amide bonds. The smallest absolute Gasteiger partial charge is 0.250 e. The molecular weight excluding hydrogens is 548 g/mol. The van der Waals surface area contributed by atoms with E-state index in [2.05, 4.69) is 30.1 Å². The Morgan fingerprint density at radius 1 is 1.05 bits per heavy atom. The molecule has 12 nitrogen and oxygen atoms in total. The minimum atomic E-state index is -4.03. The SMILES string of the molecule is COc1ncnc(OC)c1-n1c(CS(=O)(=O)[C@@H](C)[C@H](OC)c2ncc(Cl)cn2)nnc1C1(C)CC(F)(F)C1. The van der Waals surface area contributed by atoms with E-state index in [9.17, 15) is 17.2 Å². The first-order valence-corrected chi connectivity index (χ1v) is 13.4. The van der Waals surface area contributed by atoms with E-state index in [1.165, 1.54) is 51.5 Å². The van der Waals surface area contributed by atoms with E-state index in [0.717, 1.165) is 0 Å². The molecule has 206 valence electrons. The molecule has 2 atom stereocenters. The molecule has 1 fully saturated rings. The average molecular weight is 574 g/mol. The number of alkyl halides is 2. The van der Waals surface area contributed by atoms with Gasteiger partial charge in [-0.2, -0.15) is 9.97 Å². The Morgan fingerprint density at radius 2 is 1.63 bits per heavy atom. The van der Waals surface area contributed by atoms with Gasteiger partial charge in [0.2, 0.25) is 17.7 Å². The molecule has 0 aliphatic heterocycles. The number of ether oxygens (including phenoxy) is 3. The third kappa shape index (κ3) is 5.14. The Hall–Kier alpha value is -3.04. The first-order chi connectivity index (χ1) is 17.9. The normalized spacial score (nSPS) is 17.9. The molecule has 3 aromatic rings. The van der Waals surface area contributed by atoms with Crippen LogP contribution in [0.5, 0.6) is 11.8 Å². The Balaban J connectivity index is 1.81. The van der Waals surface area contributed by atoms with E-state index < -0.39 is 51.1 Å². The summed E-state index contributed by atoms with van der Waals surface area (Å²) in [5.74, 6) is -3.33. The highest BCUT2D eigenvalue weighted by atomic mass is 35.5. The number of hydrogen-bond acceptors (Lipinski definition) is 11. The molecule has 38 heavy (non-hydrogen) atoms. The van der Waals surface area contributed by atoms with Crippen molar-refractivity contribution in [2.75, 3.05) is 21.3 Å². The van der Waals surface area contributed by atoms with Gasteiger partial charge in [0.15, 0.2) is 27.2 Å². The minimum Gasteiger partial charge on any atom is -0.479 e. The number of aromatic nitrogens is 7. The molecule has 0 radical (unpaired) electrons. The van der Waals surface area contributed by atoms with Crippen molar-refractivity contribution < 1.29 is 31.4 Å². The third-order valence-corrected chi connectivity index (χ3v) is 8.64. The Kier molecular flexibility index (Phi) is 7.56. The molecule has 0 spiro atoms. The maximum absolute atomic E-state index is 14.0. The number of halogens is 3. The summed E-state index contributed by atoms with van der Waals surface area (Å²) in [7, 11) is 0.00803. The highest BCUT2D eigenvalue weighted by Gasteiger charge is 2.57. The molecule has 1 aliphatic carbocycles. The second-order valence-electron chi connectivity index (χ2n) is 9.21. The van der Waals surface area contributed by atoms with Gasteiger partial charge in [-0.3, -0.25) is 4.57 Å². The van der Waals surface area contributed by atoms with Crippen LogP contribution >= 0.6 is 11.6 Å². The predicted molar refractivity (Wildman–Crippen MR) is 130 cm³/mol. The van der Waals surface area contributed by atoms with E-state index >= 15 is 0 Å². The lowest BCUT2D eigenvalue weighted by Gasteiger charge is -2.43. The predicted octanol–water partition coefficient (Wildman–Crippen LogP) is 2.90. The summed E-state index contributed by atoms with van der Waals surface area (Å²) in [5, 5.41) is 7.41. The van der Waals surface area contributed by atoms with Gasteiger partial charge in [-0.1, -0.05) is 18.5 Å². The van der Waals surface area contributed by atoms with Crippen molar-refractivity contribution in [2.24, 2.45) is 0 Å². The van der Waals surface area contributed by atoms with Crippen LogP contribution in [0.4, 0.5) is 8.78 Å². The molecule has 0 N–H and O–H groups in total. The van der Waals surface area contributed by atoms with Crippen LogP contribution in [0.2, 0.25) is 5.02 Å². The van der Waals surface area contributed by atoms with Crippen LogP contribution in [0.1, 0.15) is 50.3 Å². The molecule has 0 saturated heterocycles. The van der Waals surface area contributed by atoms with Gasteiger partial charge in [0, 0.05) is 37.8 Å². The molecule has 3 heterocycles. The fourth-order valence-corrected chi connectivity index (χ4v) is 6.11. The lowest BCUT2D eigenvalue weighted by atomic mass is 9.67. The maximum atomic E-state index is 14.0. The topological polar surface area (TPSA) is 144 Å². The molecular formula is C22H26ClF2N7O5S. The van der Waals surface area contributed by atoms with Crippen molar-refractivity contribution in [3.63, 3.8) is 0 Å². The van der Waals surface area contributed by atoms with Gasteiger partial charge in [0.05, 0.1) is 24.5 Å². The van der Waals surface area contributed by atoms with Crippen molar-refractivity contribution in [1.82, 2.24) is 34.7 Å². The van der Waals surface area contributed by atoms with Crippen molar-refractivity contribution >= 4 is 21.4 Å². The van der Waals surface area contributed by atoms with E-state index in [4.69, 9.17) is 25.8 Å². The first kappa shape index (κ1) is 28.0. The van der Waals surface area contributed by atoms with Crippen LogP contribution in [0, 0.1) is 0 Å². The highest BCUT2D eigenvalue weighted by Crippen LogP contribution is 2.53. The molecule has 1 aliphatic rings. The Bertz CT molecular complexity index is 1390. The number of hydrogen-bond donors (Lipinski definition) is 0. The fraction of sp³-hybridized carbons (Fsp3) is 0.545. The maximum Gasteiger partial charge on any atom is 0.250 e. The molecule has 1 saturated carbocycles. The summed E-state index contributed by atoms with van der Waals surface area (Å²) in [6.45, 7) is 3.05. The zero-order chi connectivity index (χ0) is 27.9. The average Bonchev–Trinajstić information content (AvgIpc) is 3.26. The van der Waals surface area contributed by atoms with Gasteiger partial charge >= 0.3 is 0 Å². The summed E-state index contributed by atoms with van der Waals surface area (Å²) < 4.78 is 72.7. The standard InChI is InChI=1S/C22H26ClF2N7O5S/c1-12(16(35-3)17-26-6-13(23)7-27-17)38(33,34)8-14-30-31-20(21(2)9-22(24,25)10-21)32(14)15-18(36-4)28-11-29-19(15)37-5/h6-7,11-12,16H,8-10H2,1-5H3/t12-,16-/m0/s1.